The van der Waals surface area contributed by atoms with Gasteiger partial charge in [-0.2, -0.15) is 0 Å². The lowest BCUT2D eigenvalue weighted by molar-refractivity contribution is 0.413. The van der Waals surface area contributed by atoms with E-state index >= 15 is 0 Å². The number of hydrogen-bond acceptors (Lipinski definition) is 4. The first kappa shape index (κ1) is 28.4. The molecule has 0 spiro atoms. The van der Waals surface area contributed by atoms with Gasteiger partial charge < -0.3 is 4.42 Å². The number of benzene rings is 6. The predicted octanol–water partition coefficient (Wildman–Crippen LogP) is 11.4. The third-order valence-electron chi connectivity index (χ3n) is 10.3. The van der Waals surface area contributed by atoms with Gasteiger partial charge in [-0.05, 0) is 51.9 Å². The first-order chi connectivity index (χ1) is 23.5. The Morgan fingerprint density at radius 3 is 1.81 bits per heavy atom. The van der Waals surface area contributed by atoms with Crippen molar-refractivity contribution in [2.24, 2.45) is 5.92 Å². The van der Waals surface area contributed by atoms with Crippen LogP contribution in [0.15, 0.2) is 144 Å². The van der Waals surface area contributed by atoms with Crippen molar-refractivity contribution in [3.05, 3.63) is 151 Å². The van der Waals surface area contributed by atoms with Gasteiger partial charge in [-0.3, -0.25) is 0 Å². The fourth-order valence-electron chi connectivity index (χ4n) is 7.51. The van der Waals surface area contributed by atoms with Gasteiger partial charge in [0.15, 0.2) is 17.5 Å². The average Bonchev–Trinajstić information content (AvgIpc) is 3.65. The minimum absolute atomic E-state index is 0.165. The van der Waals surface area contributed by atoms with Crippen LogP contribution in [0.25, 0.3) is 78.4 Å². The highest BCUT2D eigenvalue weighted by Gasteiger charge is 2.44. The van der Waals surface area contributed by atoms with Crippen molar-refractivity contribution in [3.63, 3.8) is 0 Å². The van der Waals surface area contributed by atoms with Gasteiger partial charge in [0.25, 0.3) is 0 Å². The number of hydrogen-bond donors (Lipinski definition) is 0. The fourth-order valence-corrected chi connectivity index (χ4v) is 7.51. The van der Waals surface area contributed by atoms with Crippen molar-refractivity contribution in [1.29, 1.82) is 0 Å². The molecule has 0 fully saturated rings. The van der Waals surface area contributed by atoms with Crippen molar-refractivity contribution in [3.8, 4) is 56.4 Å². The van der Waals surface area contributed by atoms with Gasteiger partial charge in [0.05, 0.1) is 0 Å². The minimum atomic E-state index is -0.165. The third-order valence-corrected chi connectivity index (χ3v) is 10.3. The average molecular weight is 620 g/mol. The Kier molecular flexibility index (Phi) is 6.41. The van der Waals surface area contributed by atoms with E-state index in [4.69, 9.17) is 19.4 Å². The monoisotopic (exact) mass is 619 g/mol. The molecular formula is C44H33N3O. The van der Waals surface area contributed by atoms with Crippen LogP contribution in [0.2, 0.25) is 0 Å². The Morgan fingerprint density at radius 2 is 1.08 bits per heavy atom. The van der Waals surface area contributed by atoms with Gasteiger partial charge in [0, 0.05) is 38.4 Å². The molecule has 0 amide bonds. The maximum absolute atomic E-state index is 6.87. The molecule has 1 aliphatic rings. The van der Waals surface area contributed by atoms with Crippen molar-refractivity contribution in [1.82, 2.24) is 15.0 Å². The highest BCUT2D eigenvalue weighted by Crippen LogP contribution is 2.55. The quantitative estimate of drug-likeness (QED) is 0.192. The summed E-state index contributed by atoms with van der Waals surface area (Å²) in [7, 11) is 0. The maximum Gasteiger partial charge on any atom is 0.164 e. The van der Waals surface area contributed by atoms with Crippen molar-refractivity contribution in [2.45, 2.75) is 26.2 Å². The van der Waals surface area contributed by atoms with E-state index in [-0.39, 0.29) is 5.41 Å². The second kappa shape index (κ2) is 10.9. The lowest BCUT2D eigenvalue weighted by Gasteiger charge is -2.31. The van der Waals surface area contributed by atoms with Crippen LogP contribution in [0.3, 0.4) is 0 Å². The Bertz CT molecular complexity index is 2500. The van der Waals surface area contributed by atoms with Crippen LogP contribution in [0.4, 0.5) is 0 Å². The molecule has 0 bridgehead atoms. The molecule has 4 heteroatoms. The molecule has 0 radical (unpaired) electrons. The van der Waals surface area contributed by atoms with E-state index in [2.05, 4.69) is 118 Å². The Hall–Kier alpha value is -5.87. The molecule has 0 saturated heterocycles. The summed E-state index contributed by atoms with van der Waals surface area (Å²) >= 11 is 0. The molecule has 2 aromatic heterocycles. The van der Waals surface area contributed by atoms with Gasteiger partial charge in [-0.15, -0.1) is 0 Å². The highest BCUT2D eigenvalue weighted by atomic mass is 16.3. The molecule has 2 heterocycles. The van der Waals surface area contributed by atoms with Gasteiger partial charge >= 0.3 is 0 Å². The molecule has 4 nitrogen and oxygen atoms in total. The lowest BCUT2D eigenvalue weighted by Crippen LogP contribution is -2.27. The minimum Gasteiger partial charge on any atom is -0.456 e. The smallest absolute Gasteiger partial charge is 0.164 e. The molecule has 0 N–H and O–H groups in total. The Labute approximate surface area is 279 Å². The van der Waals surface area contributed by atoms with Crippen LogP contribution < -0.4 is 0 Å². The Morgan fingerprint density at radius 1 is 0.500 bits per heavy atom. The zero-order valence-electron chi connectivity index (χ0n) is 27.1. The van der Waals surface area contributed by atoms with Gasteiger partial charge in [0.1, 0.15) is 11.2 Å². The molecule has 48 heavy (non-hydrogen) atoms. The summed E-state index contributed by atoms with van der Waals surface area (Å²) in [5.41, 5.74) is 11.8. The SMILES string of the molecule is CC(C)C1(C)c2ccccc2-c2ccc3c(oc4cc(-c5nc(-c6ccccc6)nc(-c6ccccc6-c6ccccc6)n5)ccc43)c21. The number of rotatable bonds is 5. The van der Waals surface area contributed by atoms with Crippen LogP contribution >= 0.6 is 0 Å². The van der Waals surface area contributed by atoms with Crippen molar-refractivity contribution in [2.75, 3.05) is 0 Å². The van der Waals surface area contributed by atoms with Crippen LogP contribution in [-0.4, -0.2) is 15.0 Å². The van der Waals surface area contributed by atoms with Gasteiger partial charge in [0.2, 0.25) is 0 Å². The fraction of sp³-hybridized carbons (Fsp3) is 0.114. The zero-order valence-corrected chi connectivity index (χ0v) is 27.1. The van der Waals surface area contributed by atoms with Gasteiger partial charge in [-0.1, -0.05) is 142 Å². The molecule has 1 unspecified atom stereocenters. The molecule has 230 valence electrons. The van der Waals surface area contributed by atoms with Crippen molar-refractivity contribution < 1.29 is 4.42 Å². The number of aromatic nitrogens is 3. The van der Waals surface area contributed by atoms with Crippen LogP contribution in [0.1, 0.15) is 31.9 Å². The third kappa shape index (κ3) is 4.26. The molecule has 8 aromatic rings. The van der Waals surface area contributed by atoms with E-state index < -0.39 is 0 Å². The van der Waals surface area contributed by atoms with E-state index in [1.807, 2.05) is 42.5 Å². The first-order valence-corrected chi connectivity index (χ1v) is 16.6. The second-order valence-corrected chi connectivity index (χ2v) is 13.2. The maximum atomic E-state index is 6.87. The normalized spacial score (nSPS) is 15.2. The van der Waals surface area contributed by atoms with E-state index in [0.29, 0.717) is 23.4 Å². The number of fused-ring (bicyclic) bond motifs is 7. The number of furan rings is 1. The van der Waals surface area contributed by atoms with E-state index in [1.54, 1.807) is 0 Å². The van der Waals surface area contributed by atoms with Crippen LogP contribution in [-0.2, 0) is 5.41 Å². The number of nitrogens with zero attached hydrogens (tertiary/aromatic N) is 3. The summed E-state index contributed by atoms with van der Waals surface area (Å²) in [5, 5.41) is 2.22. The largest absolute Gasteiger partial charge is 0.456 e. The van der Waals surface area contributed by atoms with Crippen LogP contribution in [0.5, 0.6) is 0 Å². The molecule has 1 atom stereocenters. The van der Waals surface area contributed by atoms with Crippen LogP contribution in [0, 0.1) is 5.92 Å². The highest BCUT2D eigenvalue weighted by molar-refractivity contribution is 6.09. The summed E-state index contributed by atoms with van der Waals surface area (Å²) in [5.74, 6) is 2.25. The summed E-state index contributed by atoms with van der Waals surface area (Å²) in [6.07, 6.45) is 0. The van der Waals surface area contributed by atoms with Gasteiger partial charge in [-0.25, -0.2) is 15.0 Å². The molecular weight excluding hydrogens is 587 g/mol. The zero-order chi connectivity index (χ0) is 32.4. The summed E-state index contributed by atoms with van der Waals surface area (Å²) in [6, 6.07) is 48.5. The molecule has 6 aromatic carbocycles. The first-order valence-electron chi connectivity index (χ1n) is 16.6. The molecule has 0 aliphatic heterocycles. The molecule has 9 rings (SSSR count). The second-order valence-electron chi connectivity index (χ2n) is 13.2. The summed E-state index contributed by atoms with van der Waals surface area (Å²) in [6.45, 7) is 6.99. The predicted molar refractivity (Wildman–Crippen MR) is 196 cm³/mol. The standard InChI is InChI=1S/C44H33N3O/c1-27(2)44(3)37-21-13-12-19-32(37)34-24-25-35-33-23-22-30(26-38(33)48-40(35)39(34)44)42-45-41(29-16-8-5-9-17-29)46-43(47-42)36-20-11-10-18-31(36)28-14-6-4-7-15-28/h4-27H,1-3H3. The molecule has 0 saturated carbocycles. The van der Waals surface area contributed by atoms with E-state index in [0.717, 1.165) is 49.8 Å². The Balaban J connectivity index is 1.24. The van der Waals surface area contributed by atoms with E-state index in [1.165, 1.54) is 22.3 Å². The summed E-state index contributed by atoms with van der Waals surface area (Å²) in [4.78, 5) is 15.2. The lowest BCUT2D eigenvalue weighted by atomic mass is 9.71. The topological polar surface area (TPSA) is 51.8 Å². The van der Waals surface area contributed by atoms with Crippen molar-refractivity contribution >= 4 is 21.9 Å². The van der Waals surface area contributed by atoms with E-state index in [9.17, 15) is 0 Å². The molecule has 1 aliphatic carbocycles. The summed E-state index contributed by atoms with van der Waals surface area (Å²) < 4.78 is 6.87.